The van der Waals surface area contributed by atoms with Crippen LogP contribution in [0.15, 0.2) is 41.3 Å². The van der Waals surface area contributed by atoms with E-state index in [1.165, 1.54) is 17.5 Å². The van der Waals surface area contributed by atoms with Crippen molar-refractivity contribution >= 4 is 17.3 Å². The number of hydrogen-bond acceptors (Lipinski definition) is 3. The van der Waals surface area contributed by atoms with Crippen molar-refractivity contribution in [3.05, 3.63) is 51.9 Å². The van der Waals surface area contributed by atoms with Crippen LogP contribution in [0.2, 0.25) is 5.02 Å². The highest BCUT2D eigenvalue weighted by Crippen LogP contribution is 2.33. The van der Waals surface area contributed by atoms with Gasteiger partial charge >= 0.3 is 0 Å². The molecule has 1 aliphatic rings. The average Bonchev–Trinajstić information content (AvgIpc) is 3.33. The van der Waals surface area contributed by atoms with Crippen LogP contribution in [-0.2, 0) is 0 Å². The van der Waals surface area contributed by atoms with Crippen molar-refractivity contribution in [1.29, 1.82) is 0 Å². The van der Waals surface area contributed by atoms with Gasteiger partial charge in [0.2, 0.25) is 0 Å². The Balaban J connectivity index is 1.87. The number of aromatic nitrogens is 2. The van der Waals surface area contributed by atoms with Crippen LogP contribution in [0.4, 0.5) is 5.69 Å². The fraction of sp³-hybridized carbons (Fsp3) is 0.375. The summed E-state index contributed by atoms with van der Waals surface area (Å²) >= 11 is 6.26. The number of hydrogen-bond donors (Lipinski definition) is 0. The van der Waals surface area contributed by atoms with Crippen LogP contribution in [0.1, 0.15) is 19.3 Å². The van der Waals surface area contributed by atoms with E-state index in [4.69, 9.17) is 11.6 Å². The molecular formula is C16H18ClN3O. The summed E-state index contributed by atoms with van der Waals surface area (Å²) in [4.78, 5) is 14.4. The molecule has 2 aromatic rings. The Morgan fingerprint density at radius 3 is 2.71 bits per heavy atom. The molecule has 21 heavy (non-hydrogen) atoms. The highest BCUT2D eigenvalue weighted by molar-refractivity contribution is 6.33. The summed E-state index contributed by atoms with van der Waals surface area (Å²) in [5.74, 6) is 0.851. The fourth-order valence-corrected chi connectivity index (χ4v) is 2.62. The van der Waals surface area contributed by atoms with Gasteiger partial charge in [-0.25, -0.2) is 0 Å². The third-order valence-electron chi connectivity index (χ3n) is 3.88. The van der Waals surface area contributed by atoms with E-state index in [1.54, 1.807) is 6.20 Å². The molecule has 0 radical (unpaired) electrons. The molecular weight excluding hydrogens is 286 g/mol. The summed E-state index contributed by atoms with van der Waals surface area (Å²) in [5, 5.41) is 4.48. The largest absolute Gasteiger partial charge is 0.372 e. The third kappa shape index (κ3) is 3.10. The molecule has 1 aliphatic carbocycles. The van der Waals surface area contributed by atoms with Gasteiger partial charge in [0.1, 0.15) is 5.02 Å². The van der Waals surface area contributed by atoms with Crippen LogP contribution in [0.5, 0.6) is 0 Å². The van der Waals surface area contributed by atoms with E-state index in [-0.39, 0.29) is 10.6 Å². The van der Waals surface area contributed by atoms with Crippen LogP contribution in [-0.4, -0.2) is 23.4 Å². The van der Waals surface area contributed by atoms with Crippen molar-refractivity contribution in [2.24, 2.45) is 5.92 Å². The minimum Gasteiger partial charge on any atom is -0.372 e. The second kappa shape index (κ2) is 5.90. The van der Waals surface area contributed by atoms with Gasteiger partial charge in [-0.2, -0.15) is 9.78 Å². The second-order valence-corrected chi connectivity index (χ2v) is 5.93. The molecule has 1 fully saturated rings. The molecule has 0 amide bonds. The van der Waals surface area contributed by atoms with Gasteiger partial charge in [0.15, 0.2) is 0 Å². The molecule has 0 saturated heterocycles. The molecule has 0 aliphatic heterocycles. The highest BCUT2D eigenvalue weighted by atomic mass is 35.5. The average molecular weight is 304 g/mol. The molecule has 3 rings (SSSR count). The SMILES string of the molecule is CN(CCC1CC1)c1cnn(-c2ccccc2)c(=O)c1Cl. The van der Waals surface area contributed by atoms with Gasteiger partial charge in [-0.1, -0.05) is 42.6 Å². The Morgan fingerprint density at radius 2 is 2.05 bits per heavy atom. The first-order valence-electron chi connectivity index (χ1n) is 7.21. The predicted molar refractivity (Wildman–Crippen MR) is 85.5 cm³/mol. The molecule has 4 nitrogen and oxygen atoms in total. The third-order valence-corrected chi connectivity index (χ3v) is 4.24. The minimum absolute atomic E-state index is 0.229. The molecule has 1 aromatic carbocycles. The Kier molecular flexibility index (Phi) is 3.97. The zero-order valence-corrected chi connectivity index (χ0v) is 12.8. The van der Waals surface area contributed by atoms with E-state index < -0.39 is 0 Å². The molecule has 1 aromatic heterocycles. The lowest BCUT2D eigenvalue weighted by atomic mass is 10.2. The van der Waals surface area contributed by atoms with Gasteiger partial charge in [-0.3, -0.25) is 4.79 Å². The summed E-state index contributed by atoms with van der Waals surface area (Å²) in [6.45, 7) is 0.904. The van der Waals surface area contributed by atoms with Crippen molar-refractivity contribution in [3.8, 4) is 5.69 Å². The summed E-state index contributed by atoms with van der Waals surface area (Å²) in [6, 6.07) is 9.30. The first-order valence-corrected chi connectivity index (χ1v) is 7.59. The summed E-state index contributed by atoms with van der Waals surface area (Å²) in [6.07, 6.45) is 5.48. The maximum Gasteiger partial charge on any atom is 0.292 e. The number of para-hydroxylation sites is 1. The van der Waals surface area contributed by atoms with E-state index >= 15 is 0 Å². The van der Waals surface area contributed by atoms with Gasteiger partial charge in [0.05, 0.1) is 17.6 Å². The van der Waals surface area contributed by atoms with Crippen molar-refractivity contribution in [3.63, 3.8) is 0 Å². The minimum atomic E-state index is -0.279. The van der Waals surface area contributed by atoms with E-state index in [1.807, 2.05) is 42.3 Å². The second-order valence-electron chi connectivity index (χ2n) is 5.55. The van der Waals surface area contributed by atoms with Crippen molar-refractivity contribution in [2.75, 3.05) is 18.5 Å². The lowest BCUT2D eigenvalue weighted by molar-refractivity contribution is 0.705. The number of nitrogens with zero attached hydrogens (tertiary/aromatic N) is 3. The van der Waals surface area contributed by atoms with Gasteiger partial charge in [-0.15, -0.1) is 0 Å². The molecule has 0 N–H and O–H groups in total. The van der Waals surface area contributed by atoms with E-state index in [2.05, 4.69) is 5.10 Å². The molecule has 0 unspecified atom stereocenters. The van der Waals surface area contributed by atoms with E-state index in [0.717, 1.165) is 24.6 Å². The van der Waals surface area contributed by atoms with Crippen LogP contribution < -0.4 is 10.5 Å². The molecule has 0 bridgehead atoms. The number of anilines is 1. The monoisotopic (exact) mass is 303 g/mol. The van der Waals surface area contributed by atoms with E-state index in [9.17, 15) is 4.79 Å². The summed E-state index contributed by atoms with van der Waals surface area (Å²) < 4.78 is 1.33. The van der Waals surface area contributed by atoms with Gasteiger partial charge in [0.25, 0.3) is 5.56 Å². The lowest BCUT2D eigenvalue weighted by Gasteiger charge is -2.20. The lowest BCUT2D eigenvalue weighted by Crippen LogP contribution is -2.27. The maximum atomic E-state index is 12.4. The first-order chi connectivity index (χ1) is 10.2. The molecule has 5 heteroatoms. The first kappa shape index (κ1) is 14.1. The molecule has 0 spiro atoms. The molecule has 0 atom stereocenters. The van der Waals surface area contributed by atoms with Gasteiger partial charge in [-0.05, 0) is 24.5 Å². The number of halogens is 1. The van der Waals surface area contributed by atoms with Crippen LogP contribution in [0.25, 0.3) is 5.69 Å². The Labute approximate surface area is 129 Å². The standard InChI is InChI=1S/C16H18ClN3O/c1-19(10-9-12-7-8-12)14-11-18-20(16(21)15(14)17)13-5-3-2-4-6-13/h2-6,11-12H,7-10H2,1H3. The Hall–Kier alpha value is -1.81. The predicted octanol–water partition coefficient (Wildman–Crippen LogP) is 3.12. The molecule has 1 heterocycles. The van der Waals surface area contributed by atoms with Crippen molar-refractivity contribution in [2.45, 2.75) is 19.3 Å². The number of benzene rings is 1. The van der Waals surface area contributed by atoms with Gasteiger partial charge < -0.3 is 4.90 Å². The smallest absolute Gasteiger partial charge is 0.292 e. The maximum absolute atomic E-state index is 12.4. The van der Waals surface area contributed by atoms with E-state index in [0.29, 0.717) is 5.69 Å². The van der Waals surface area contributed by atoms with Crippen molar-refractivity contribution < 1.29 is 0 Å². The Bertz CT molecular complexity index is 680. The van der Waals surface area contributed by atoms with Crippen molar-refractivity contribution in [1.82, 2.24) is 9.78 Å². The fourth-order valence-electron chi connectivity index (χ4n) is 2.35. The summed E-state index contributed by atoms with van der Waals surface area (Å²) in [5.41, 5.74) is 1.14. The zero-order valence-electron chi connectivity index (χ0n) is 12.0. The summed E-state index contributed by atoms with van der Waals surface area (Å²) in [7, 11) is 1.96. The molecule has 110 valence electrons. The van der Waals surface area contributed by atoms with Crippen LogP contribution in [0, 0.1) is 5.92 Å². The quantitative estimate of drug-likeness (QED) is 0.852. The normalized spacial score (nSPS) is 14.2. The topological polar surface area (TPSA) is 38.1 Å². The van der Waals surface area contributed by atoms with Crippen LogP contribution >= 0.6 is 11.6 Å². The number of rotatable bonds is 5. The Morgan fingerprint density at radius 1 is 1.33 bits per heavy atom. The van der Waals surface area contributed by atoms with Crippen LogP contribution in [0.3, 0.4) is 0 Å². The highest BCUT2D eigenvalue weighted by Gasteiger charge is 2.22. The molecule has 1 saturated carbocycles. The zero-order chi connectivity index (χ0) is 14.8. The van der Waals surface area contributed by atoms with Gasteiger partial charge in [0, 0.05) is 13.6 Å².